The normalized spacial score (nSPS) is 19.1. The van der Waals surface area contributed by atoms with Gasteiger partial charge >= 0.3 is 0 Å². The van der Waals surface area contributed by atoms with E-state index in [1.165, 1.54) is 0 Å². The van der Waals surface area contributed by atoms with Gasteiger partial charge in [-0.1, -0.05) is 18.2 Å². The van der Waals surface area contributed by atoms with Crippen LogP contribution in [0.3, 0.4) is 0 Å². The van der Waals surface area contributed by atoms with Gasteiger partial charge in [0.15, 0.2) is 0 Å². The van der Waals surface area contributed by atoms with Crippen molar-refractivity contribution >= 4 is 5.91 Å². The third kappa shape index (κ3) is 3.74. The predicted molar refractivity (Wildman–Crippen MR) is 101 cm³/mol. The second-order valence-electron chi connectivity index (χ2n) is 6.61. The number of aromatic nitrogens is 3. The van der Waals surface area contributed by atoms with Crippen molar-refractivity contribution in [3.63, 3.8) is 0 Å². The lowest BCUT2D eigenvalue weighted by Gasteiger charge is -2.14. The second kappa shape index (κ2) is 7.69. The molecule has 0 spiro atoms. The topological polar surface area (TPSA) is 92.1 Å². The molecule has 3 aromatic rings. The number of nitrogens with one attached hydrogen (secondary N) is 2. The Morgan fingerprint density at radius 3 is 2.78 bits per heavy atom. The third-order valence-corrected chi connectivity index (χ3v) is 4.74. The average Bonchev–Trinajstić information content (AvgIpc) is 3.34. The summed E-state index contributed by atoms with van der Waals surface area (Å²) in [5, 5.41) is 20.6. The zero-order valence-electron chi connectivity index (χ0n) is 14.7. The highest BCUT2D eigenvalue weighted by atomic mass is 16.3. The SMILES string of the molecule is O=C(NCC1CNCC1O)c1cn(-c2ccccc2)nc1-c1cccnc1. The molecule has 0 radical (unpaired) electrons. The fourth-order valence-corrected chi connectivity index (χ4v) is 3.22. The molecule has 3 heterocycles. The summed E-state index contributed by atoms with van der Waals surface area (Å²) >= 11 is 0. The van der Waals surface area contributed by atoms with Crippen LogP contribution in [-0.4, -0.2) is 51.5 Å². The maximum atomic E-state index is 12.9. The number of nitrogens with zero attached hydrogens (tertiary/aromatic N) is 3. The van der Waals surface area contributed by atoms with Crippen LogP contribution < -0.4 is 10.6 Å². The second-order valence-corrected chi connectivity index (χ2v) is 6.61. The Morgan fingerprint density at radius 2 is 2.07 bits per heavy atom. The van der Waals surface area contributed by atoms with Gasteiger partial charge in [-0.15, -0.1) is 0 Å². The Morgan fingerprint density at radius 1 is 1.22 bits per heavy atom. The van der Waals surface area contributed by atoms with Gasteiger partial charge in [-0.25, -0.2) is 4.68 Å². The molecule has 1 aliphatic rings. The lowest BCUT2D eigenvalue weighted by atomic mass is 10.1. The number of carbonyl (C=O) groups excluding carboxylic acids is 1. The van der Waals surface area contributed by atoms with E-state index in [9.17, 15) is 9.90 Å². The van der Waals surface area contributed by atoms with Crippen LogP contribution in [0.4, 0.5) is 0 Å². The molecule has 7 nitrogen and oxygen atoms in total. The first kappa shape index (κ1) is 17.4. The van der Waals surface area contributed by atoms with Gasteiger partial charge in [0.05, 0.1) is 17.4 Å². The Bertz CT molecular complexity index is 911. The molecule has 7 heteroatoms. The summed E-state index contributed by atoms with van der Waals surface area (Å²) in [5.41, 5.74) is 2.71. The molecule has 1 aromatic carbocycles. The molecular weight excluding hydrogens is 342 g/mol. The standard InChI is InChI=1S/C20H21N5O2/c26-18-12-22-10-15(18)11-23-20(27)17-13-25(16-6-2-1-3-7-16)24-19(17)14-5-4-8-21-9-14/h1-9,13,15,18,22,26H,10-12H2,(H,23,27). The van der Waals surface area contributed by atoms with Gasteiger partial charge in [0, 0.05) is 49.7 Å². The van der Waals surface area contributed by atoms with E-state index in [1.54, 1.807) is 23.3 Å². The Balaban J connectivity index is 1.63. The number of amides is 1. The number of aliphatic hydroxyl groups excluding tert-OH is 1. The Labute approximate surface area is 157 Å². The van der Waals surface area contributed by atoms with E-state index in [-0.39, 0.29) is 11.8 Å². The van der Waals surface area contributed by atoms with E-state index in [1.807, 2.05) is 42.5 Å². The van der Waals surface area contributed by atoms with E-state index in [0.717, 1.165) is 11.3 Å². The zero-order valence-corrected chi connectivity index (χ0v) is 14.7. The third-order valence-electron chi connectivity index (χ3n) is 4.74. The number of para-hydroxylation sites is 1. The number of aliphatic hydroxyl groups is 1. The number of carbonyl (C=O) groups is 1. The van der Waals surface area contributed by atoms with Crippen LogP contribution in [0.1, 0.15) is 10.4 Å². The van der Waals surface area contributed by atoms with Crippen molar-refractivity contribution in [3.8, 4) is 16.9 Å². The highest BCUT2D eigenvalue weighted by molar-refractivity contribution is 5.99. The van der Waals surface area contributed by atoms with Crippen LogP contribution in [0.2, 0.25) is 0 Å². The lowest BCUT2D eigenvalue weighted by Crippen LogP contribution is -2.34. The molecule has 2 atom stereocenters. The molecule has 1 fully saturated rings. The summed E-state index contributed by atoms with van der Waals surface area (Å²) in [6.45, 7) is 1.67. The number of benzene rings is 1. The summed E-state index contributed by atoms with van der Waals surface area (Å²) in [6.07, 6.45) is 4.68. The Kier molecular flexibility index (Phi) is 4.95. The van der Waals surface area contributed by atoms with Gasteiger partial charge in [0.25, 0.3) is 5.91 Å². The lowest BCUT2D eigenvalue weighted by molar-refractivity contribution is 0.0927. The summed E-state index contributed by atoms with van der Waals surface area (Å²) in [7, 11) is 0. The summed E-state index contributed by atoms with van der Waals surface area (Å²) in [6, 6.07) is 13.4. The molecule has 4 rings (SSSR count). The van der Waals surface area contributed by atoms with Gasteiger partial charge in [-0.2, -0.15) is 5.10 Å². The first-order valence-corrected chi connectivity index (χ1v) is 8.95. The molecule has 0 bridgehead atoms. The maximum Gasteiger partial charge on any atom is 0.255 e. The largest absolute Gasteiger partial charge is 0.391 e. The highest BCUT2D eigenvalue weighted by Crippen LogP contribution is 2.23. The maximum absolute atomic E-state index is 12.9. The number of pyridine rings is 1. The molecule has 1 saturated heterocycles. The number of hydrogen-bond acceptors (Lipinski definition) is 5. The summed E-state index contributed by atoms with van der Waals surface area (Å²) in [4.78, 5) is 17.0. The molecule has 27 heavy (non-hydrogen) atoms. The van der Waals surface area contributed by atoms with Crippen molar-refractivity contribution in [2.24, 2.45) is 5.92 Å². The summed E-state index contributed by atoms with van der Waals surface area (Å²) < 4.78 is 1.70. The number of rotatable bonds is 5. The first-order chi connectivity index (χ1) is 13.2. The number of β-amino-alcohol motifs (C(OH)–C–C–N with tert-alkyl or cyclic N) is 1. The van der Waals surface area contributed by atoms with Gasteiger partial charge in [0.2, 0.25) is 0 Å². The van der Waals surface area contributed by atoms with Crippen LogP contribution in [0.25, 0.3) is 16.9 Å². The molecule has 0 saturated carbocycles. The quantitative estimate of drug-likeness (QED) is 0.634. The molecule has 1 amide bonds. The van der Waals surface area contributed by atoms with Gasteiger partial charge in [0.1, 0.15) is 5.69 Å². The van der Waals surface area contributed by atoms with Crippen molar-refractivity contribution in [2.45, 2.75) is 6.10 Å². The first-order valence-electron chi connectivity index (χ1n) is 8.95. The minimum Gasteiger partial charge on any atom is -0.391 e. The van der Waals surface area contributed by atoms with E-state index >= 15 is 0 Å². The summed E-state index contributed by atoms with van der Waals surface area (Å²) in [5.74, 6) is -0.199. The Hall–Kier alpha value is -3.03. The van der Waals surface area contributed by atoms with Crippen molar-refractivity contribution in [1.29, 1.82) is 0 Å². The fraction of sp³-hybridized carbons (Fsp3) is 0.250. The van der Waals surface area contributed by atoms with Crippen molar-refractivity contribution in [3.05, 3.63) is 66.6 Å². The van der Waals surface area contributed by atoms with Crippen LogP contribution in [-0.2, 0) is 0 Å². The molecule has 138 valence electrons. The van der Waals surface area contributed by atoms with Gasteiger partial charge in [-0.05, 0) is 24.3 Å². The van der Waals surface area contributed by atoms with Crippen molar-refractivity contribution in [1.82, 2.24) is 25.4 Å². The van der Waals surface area contributed by atoms with Crippen LogP contribution >= 0.6 is 0 Å². The van der Waals surface area contributed by atoms with Gasteiger partial charge in [-0.3, -0.25) is 9.78 Å². The average molecular weight is 363 g/mol. The van der Waals surface area contributed by atoms with E-state index in [2.05, 4.69) is 20.7 Å². The van der Waals surface area contributed by atoms with Crippen molar-refractivity contribution < 1.29 is 9.90 Å². The highest BCUT2D eigenvalue weighted by Gasteiger charge is 2.26. The minimum atomic E-state index is -0.435. The van der Waals surface area contributed by atoms with E-state index in [4.69, 9.17) is 0 Å². The van der Waals surface area contributed by atoms with Crippen LogP contribution in [0, 0.1) is 5.92 Å². The van der Waals surface area contributed by atoms with Crippen LogP contribution in [0.15, 0.2) is 61.1 Å². The molecule has 3 N–H and O–H groups in total. The molecule has 2 aromatic heterocycles. The van der Waals surface area contributed by atoms with Crippen LogP contribution in [0.5, 0.6) is 0 Å². The molecule has 1 aliphatic heterocycles. The van der Waals surface area contributed by atoms with E-state index in [0.29, 0.717) is 30.9 Å². The number of hydrogen-bond donors (Lipinski definition) is 3. The predicted octanol–water partition coefficient (Wildman–Crippen LogP) is 1.24. The molecular formula is C20H21N5O2. The monoisotopic (exact) mass is 363 g/mol. The molecule has 0 aliphatic carbocycles. The van der Waals surface area contributed by atoms with E-state index < -0.39 is 6.10 Å². The minimum absolute atomic E-state index is 0.0139. The van der Waals surface area contributed by atoms with Gasteiger partial charge < -0.3 is 15.7 Å². The zero-order chi connectivity index (χ0) is 18.6. The molecule has 2 unspecified atom stereocenters. The van der Waals surface area contributed by atoms with Crippen molar-refractivity contribution in [2.75, 3.05) is 19.6 Å². The fourth-order valence-electron chi connectivity index (χ4n) is 3.22. The smallest absolute Gasteiger partial charge is 0.255 e.